The second kappa shape index (κ2) is 8.88. The molecule has 7 heteroatoms. The number of carbonyl (C=O) groups is 1. The molecule has 4 rings (SSSR count). The van der Waals surface area contributed by atoms with Gasteiger partial charge in [0.25, 0.3) is 11.5 Å². The van der Waals surface area contributed by atoms with Gasteiger partial charge in [0, 0.05) is 44.3 Å². The number of aryl methyl sites for hydroxylation is 2. The Morgan fingerprint density at radius 1 is 1.06 bits per heavy atom. The van der Waals surface area contributed by atoms with E-state index < -0.39 is 0 Å². The van der Waals surface area contributed by atoms with Crippen molar-refractivity contribution < 1.29 is 4.79 Å². The molecule has 0 bridgehead atoms. The Morgan fingerprint density at radius 3 is 2.55 bits per heavy atom. The van der Waals surface area contributed by atoms with Gasteiger partial charge in [-0.3, -0.25) is 9.59 Å². The van der Waals surface area contributed by atoms with Crippen molar-refractivity contribution in [1.82, 2.24) is 19.4 Å². The Balaban J connectivity index is 1.51. The summed E-state index contributed by atoms with van der Waals surface area (Å²) in [4.78, 5) is 39.1. The van der Waals surface area contributed by atoms with Crippen molar-refractivity contribution in [2.24, 2.45) is 5.92 Å². The lowest BCUT2D eigenvalue weighted by Gasteiger charge is -2.36. The molecule has 1 aliphatic rings. The van der Waals surface area contributed by atoms with E-state index >= 15 is 0 Å². The van der Waals surface area contributed by atoms with Crippen LogP contribution in [0, 0.1) is 12.8 Å². The lowest BCUT2D eigenvalue weighted by atomic mass is 10.1. The quantitative estimate of drug-likeness (QED) is 0.636. The van der Waals surface area contributed by atoms with Gasteiger partial charge in [-0.15, -0.1) is 0 Å². The number of piperazine rings is 1. The van der Waals surface area contributed by atoms with Crippen molar-refractivity contribution in [3.05, 3.63) is 64.3 Å². The number of anilines is 1. The van der Waals surface area contributed by atoms with E-state index in [1.165, 1.54) is 0 Å². The van der Waals surface area contributed by atoms with Crippen LogP contribution in [0.15, 0.2) is 47.7 Å². The number of fused-ring (bicyclic) bond motifs is 1. The van der Waals surface area contributed by atoms with Gasteiger partial charge in [-0.25, -0.2) is 9.97 Å². The maximum atomic E-state index is 13.3. The molecule has 0 saturated carbocycles. The van der Waals surface area contributed by atoms with Gasteiger partial charge >= 0.3 is 0 Å². The molecule has 0 aliphatic carbocycles. The van der Waals surface area contributed by atoms with Crippen LogP contribution in [0.25, 0.3) is 10.9 Å². The summed E-state index contributed by atoms with van der Waals surface area (Å²) in [6.45, 7) is 9.17. The molecule has 31 heavy (non-hydrogen) atoms. The molecule has 0 spiro atoms. The molecular formula is C24H29N5O2. The third-order valence-corrected chi connectivity index (χ3v) is 5.92. The van der Waals surface area contributed by atoms with E-state index in [1.54, 1.807) is 22.0 Å². The number of amides is 1. The summed E-state index contributed by atoms with van der Waals surface area (Å²) >= 11 is 0. The summed E-state index contributed by atoms with van der Waals surface area (Å²) in [5.74, 6) is 1.22. The summed E-state index contributed by atoms with van der Waals surface area (Å²) in [7, 11) is 0. The summed E-state index contributed by atoms with van der Waals surface area (Å²) in [6, 6.07) is 9.82. The van der Waals surface area contributed by atoms with Crippen molar-refractivity contribution >= 4 is 22.6 Å². The van der Waals surface area contributed by atoms with Crippen molar-refractivity contribution in [2.75, 3.05) is 31.1 Å². The Bertz CT molecular complexity index is 1140. The fourth-order valence-electron chi connectivity index (χ4n) is 4.02. The van der Waals surface area contributed by atoms with Gasteiger partial charge in [0.05, 0.1) is 5.52 Å². The molecule has 7 nitrogen and oxygen atoms in total. The normalized spacial score (nSPS) is 14.5. The van der Waals surface area contributed by atoms with Crippen molar-refractivity contribution in [3.63, 3.8) is 0 Å². The smallest absolute Gasteiger partial charge is 0.263 e. The first-order valence-electron chi connectivity index (χ1n) is 10.9. The van der Waals surface area contributed by atoms with Gasteiger partial charge < -0.3 is 14.4 Å². The van der Waals surface area contributed by atoms with Crippen molar-refractivity contribution in [3.8, 4) is 0 Å². The van der Waals surface area contributed by atoms with E-state index in [1.807, 2.05) is 37.3 Å². The van der Waals surface area contributed by atoms with E-state index in [4.69, 9.17) is 0 Å². The van der Waals surface area contributed by atoms with Crippen molar-refractivity contribution in [2.45, 2.75) is 33.7 Å². The van der Waals surface area contributed by atoms with Crippen LogP contribution in [0.3, 0.4) is 0 Å². The molecule has 1 aromatic carbocycles. The summed E-state index contributed by atoms with van der Waals surface area (Å²) in [6.07, 6.45) is 4.29. The summed E-state index contributed by atoms with van der Waals surface area (Å²) in [5, 5.41) is 1.01. The van der Waals surface area contributed by atoms with Gasteiger partial charge in [0.1, 0.15) is 17.7 Å². The van der Waals surface area contributed by atoms with Gasteiger partial charge in [0.15, 0.2) is 0 Å². The minimum Gasteiger partial charge on any atom is -0.352 e. The number of aromatic nitrogens is 3. The third kappa shape index (κ3) is 4.31. The van der Waals surface area contributed by atoms with E-state index in [-0.39, 0.29) is 11.5 Å². The first kappa shape index (κ1) is 21.0. The van der Waals surface area contributed by atoms with E-state index in [9.17, 15) is 9.59 Å². The Labute approximate surface area is 182 Å². The topological polar surface area (TPSA) is 71.3 Å². The molecule has 3 aromatic rings. The van der Waals surface area contributed by atoms with Crippen LogP contribution in [0.5, 0.6) is 0 Å². The van der Waals surface area contributed by atoms with Gasteiger partial charge in [-0.05, 0) is 43.0 Å². The SMILES string of the molecule is Cc1ccn(CCC(C)C)c(=O)c1C(=O)N1CCN(c2ncnc3ccccc23)CC1. The van der Waals surface area contributed by atoms with E-state index in [0.29, 0.717) is 44.2 Å². The second-order valence-electron chi connectivity index (χ2n) is 8.55. The van der Waals surface area contributed by atoms with E-state index in [0.717, 1.165) is 28.7 Å². The van der Waals surface area contributed by atoms with Crippen molar-refractivity contribution in [1.29, 1.82) is 0 Å². The largest absolute Gasteiger partial charge is 0.352 e. The first-order chi connectivity index (χ1) is 15.0. The highest BCUT2D eigenvalue weighted by Crippen LogP contribution is 2.24. The highest BCUT2D eigenvalue weighted by Gasteiger charge is 2.27. The standard InChI is InChI=1S/C24H29N5O2/c1-17(2)8-10-28-11-9-18(3)21(23(28)30)24(31)29-14-12-27(13-15-29)22-19-6-4-5-7-20(19)25-16-26-22/h4-7,9,11,16-17H,8,10,12-15H2,1-3H3. The Kier molecular flexibility index (Phi) is 6.02. The number of para-hydroxylation sites is 1. The van der Waals surface area contributed by atoms with Crippen LogP contribution < -0.4 is 10.5 Å². The second-order valence-corrected chi connectivity index (χ2v) is 8.55. The number of rotatable bonds is 5. The van der Waals surface area contributed by atoms with Crippen LogP contribution in [0.4, 0.5) is 5.82 Å². The minimum absolute atomic E-state index is 0.173. The zero-order valence-corrected chi connectivity index (χ0v) is 18.4. The lowest BCUT2D eigenvalue weighted by molar-refractivity contribution is 0.0743. The molecule has 1 amide bonds. The number of benzene rings is 1. The van der Waals surface area contributed by atoms with Gasteiger partial charge in [0.2, 0.25) is 0 Å². The molecule has 1 saturated heterocycles. The maximum absolute atomic E-state index is 13.3. The average Bonchev–Trinajstić information content (AvgIpc) is 2.78. The molecule has 2 aromatic heterocycles. The molecule has 1 aliphatic heterocycles. The Morgan fingerprint density at radius 2 is 1.81 bits per heavy atom. The fourth-order valence-corrected chi connectivity index (χ4v) is 4.02. The number of hydrogen-bond acceptors (Lipinski definition) is 5. The molecule has 0 unspecified atom stereocenters. The summed E-state index contributed by atoms with van der Waals surface area (Å²) in [5.41, 5.74) is 1.76. The number of hydrogen-bond donors (Lipinski definition) is 0. The maximum Gasteiger partial charge on any atom is 0.263 e. The van der Waals surface area contributed by atoms with E-state index in [2.05, 4.69) is 28.7 Å². The lowest BCUT2D eigenvalue weighted by Crippen LogP contribution is -2.50. The first-order valence-corrected chi connectivity index (χ1v) is 10.9. The third-order valence-electron chi connectivity index (χ3n) is 5.92. The molecule has 0 radical (unpaired) electrons. The van der Waals surface area contributed by atoms with Gasteiger partial charge in [-0.1, -0.05) is 26.0 Å². The number of pyridine rings is 1. The number of carbonyl (C=O) groups excluding carboxylic acids is 1. The van der Waals surface area contributed by atoms with Crippen LogP contribution in [-0.2, 0) is 6.54 Å². The molecule has 0 N–H and O–H groups in total. The monoisotopic (exact) mass is 419 g/mol. The molecule has 162 valence electrons. The molecular weight excluding hydrogens is 390 g/mol. The predicted octanol–water partition coefficient (Wildman–Crippen LogP) is 3.11. The Hall–Kier alpha value is -3.22. The fraction of sp³-hybridized carbons (Fsp3) is 0.417. The van der Waals surface area contributed by atoms with Crippen LogP contribution >= 0.6 is 0 Å². The zero-order chi connectivity index (χ0) is 22.0. The van der Waals surface area contributed by atoms with Crippen LogP contribution in [0.2, 0.25) is 0 Å². The minimum atomic E-state index is -0.185. The molecule has 0 atom stereocenters. The van der Waals surface area contributed by atoms with Gasteiger partial charge in [-0.2, -0.15) is 0 Å². The highest BCUT2D eigenvalue weighted by molar-refractivity contribution is 5.95. The summed E-state index contributed by atoms with van der Waals surface area (Å²) < 4.78 is 1.67. The molecule has 1 fully saturated rings. The zero-order valence-electron chi connectivity index (χ0n) is 18.4. The predicted molar refractivity (Wildman–Crippen MR) is 123 cm³/mol. The van der Waals surface area contributed by atoms with Crippen LogP contribution in [-0.4, -0.2) is 51.5 Å². The number of nitrogens with zero attached hydrogens (tertiary/aromatic N) is 5. The highest BCUT2D eigenvalue weighted by atomic mass is 16.2. The van der Waals surface area contributed by atoms with Crippen LogP contribution in [0.1, 0.15) is 36.2 Å². The molecule has 3 heterocycles. The average molecular weight is 420 g/mol.